The highest BCUT2D eigenvalue weighted by Gasteiger charge is 2.36. The van der Waals surface area contributed by atoms with Crippen LogP contribution in [0.25, 0.3) is 22.0 Å². The number of nitrogens with zero attached hydrogens (tertiary/aromatic N) is 2. The van der Waals surface area contributed by atoms with E-state index < -0.39 is 40.8 Å². The number of hydrogen-bond donors (Lipinski definition) is 2. The number of benzene rings is 2. The minimum Gasteiger partial charge on any atom is -0.480 e. The van der Waals surface area contributed by atoms with Crippen molar-refractivity contribution in [2.75, 3.05) is 0 Å². The molecule has 0 radical (unpaired) electrons. The molecule has 2 N–H and O–H groups in total. The van der Waals surface area contributed by atoms with E-state index in [1.165, 1.54) is 56.6 Å². The number of carbonyl (C=O) groups is 2. The molecule has 0 fully saturated rings. The molecular formula is C27H20Cl2F3N3O4. The van der Waals surface area contributed by atoms with Crippen LogP contribution in [0.3, 0.4) is 0 Å². The fraction of sp³-hybridized carbons (Fsp3) is 0.185. The Morgan fingerprint density at radius 3 is 2.38 bits per heavy atom. The molecule has 0 unspecified atom stereocenters. The van der Waals surface area contributed by atoms with Gasteiger partial charge in [0.2, 0.25) is 0 Å². The number of carbonyl (C=O) groups excluding carboxylic acids is 1. The van der Waals surface area contributed by atoms with E-state index in [9.17, 15) is 32.7 Å². The lowest BCUT2D eigenvalue weighted by Crippen LogP contribution is -2.42. The number of alkyl halides is 3. The Morgan fingerprint density at radius 2 is 1.77 bits per heavy atom. The first-order valence-electron chi connectivity index (χ1n) is 11.4. The lowest BCUT2D eigenvalue weighted by Gasteiger charge is -2.19. The smallest absolute Gasteiger partial charge is 0.417 e. The van der Waals surface area contributed by atoms with Crippen molar-refractivity contribution < 1.29 is 27.9 Å². The molecule has 0 saturated carbocycles. The number of rotatable bonds is 6. The van der Waals surface area contributed by atoms with E-state index in [-0.39, 0.29) is 38.8 Å². The average Bonchev–Trinajstić information content (AvgIpc) is 2.86. The number of halogens is 5. The second-order valence-electron chi connectivity index (χ2n) is 8.77. The zero-order chi connectivity index (χ0) is 28.6. The number of nitrogens with one attached hydrogen (secondary N) is 1. The molecule has 12 heteroatoms. The standard InChI is InChI=1S/C27H20Cl2F3N3O4/c1-13-11-17(27(30,31)32)21(25(37)35(13)2)16-9-8-14(15-5-4-10-33-23(15)16)12-20(26(38)39)34-24(36)22-18(28)6-3-7-19(22)29/h3-11,20H,12H2,1-2H3,(H,34,36)(H,38,39)/t20-/m0/s1. The minimum absolute atomic E-state index is 0.0308. The van der Waals surface area contributed by atoms with Crippen molar-refractivity contribution in [2.45, 2.75) is 25.6 Å². The fourth-order valence-corrected chi connectivity index (χ4v) is 4.85. The second-order valence-corrected chi connectivity index (χ2v) is 9.59. The molecule has 0 aliphatic rings. The van der Waals surface area contributed by atoms with Crippen molar-refractivity contribution in [1.82, 2.24) is 14.9 Å². The summed E-state index contributed by atoms with van der Waals surface area (Å²) in [5.41, 5.74) is -2.09. The van der Waals surface area contributed by atoms with Crippen LogP contribution < -0.4 is 10.9 Å². The van der Waals surface area contributed by atoms with E-state index in [2.05, 4.69) is 10.3 Å². The van der Waals surface area contributed by atoms with E-state index in [0.717, 1.165) is 10.6 Å². The zero-order valence-electron chi connectivity index (χ0n) is 20.4. The van der Waals surface area contributed by atoms with E-state index >= 15 is 0 Å². The van der Waals surface area contributed by atoms with Crippen molar-refractivity contribution in [3.8, 4) is 11.1 Å². The third-order valence-corrected chi connectivity index (χ3v) is 6.95. The van der Waals surface area contributed by atoms with Gasteiger partial charge in [0.25, 0.3) is 11.5 Å². The van der Waals surface area contributed by atoms with E-state index in [0.29, 0.717) is 10.9 Å². The van der Waals surface area contributed by atoms with Gasteiger partial charge in [-0.2, -0.15) is 13.2 Å². The quantitative estimate of drug-likeness (QED) is 0.308. The lowest BCUT2D eigenvalue weighted by molar-refractivity contribution is -0.139. The first-order valence-corrected chi connectivity index (χ1v) is 12.2. The molecule has 39 heavy (non-hydrogen) atoms. The summed E-state index contributed by atoms with van der Waals surface area (Å²) in [6.45, 7) is 1.40. The van der Waals surface area contributed by atoms with Gasteiger partial charge in [-0.05, 0) is 36.8 Å². The summed E-state index contributed by atoms with van der Waals surface area (Å²) in [6, 6.07) is 9.65. The topological polar surface area (TPSA) is 101 Å². The van der Waals surface area contributed by atoms with Gasteiger partial charge in [0.1, 0.15) is 6.04 Å². The molecule has 0 aliphatic carbocycles. The third kappa shape index (κ3) is 5.48. The first-order chi connectivity index (χ1) is 18.3. The Labute approximate surface area is 229 Å². The van der Waals surface area contributed by atoms with Crippen LogP contribution in [0.5, 0.6) is 0 Å². The average molecular weight is 578 g/mol. The Kier molecular flexibility index (Phi) is 7.72. The summed E-state index contributed by atoms with van der Waals surface area (Å²) < 4.78 is 43.1. The Bertz CT molecular complexity index is 1670. The largest absolute Gasteiger partial charge is 0.480 e. The number of fused-ring (bicyclic) bond motifs is 1. The number of aliphatic carboxylic acids is 1. The van der Waals surface area contributed by atoms with Gasteiger partial charge in [0, 0.05) is 36.3 Å². The van der Waals surface area contributed by atoms with Crippen molar-refractivity contribution in [3.63, 3.8) is 0 Å². The van der Waals surface area contributed by atoms with Crippen LogP contribution in [-0.4, -0.2) is 32.6 Å². The molecule has 2 aromatic heterocycles. The van der Waals surface area contributed by atoms with Crippen molar-refractivity contribution >= 4 is 46.0 Å². The van der Waals surface area contributed by atoms with Gasteiger partial charge in [0.15, 0.2) is 0 Å². The van der Waals surface area contributed by atoms with Gasteiger partial charge in [-0.1, -0.05) is 47.5 Å². The highest BCUT2D eigenvalue weighted by molar-refractivity contribution is 6.39. The zero-order valence-corrected chi connectivity index (χ0v) is 21.9. The van der Waals surface area contributed by atoms with Gasteiger partial charge in [-0.3, -0.25) is 14.6 Å². The predicted octanol–water partition coefficient (Wildman–Crippen LogP) is 5.66. The molecule has 202 valence electrons. The highest BCUT2D eigenvalue weighted by atomic mass is 35.5. The molecule has 2 heterocycles. The Hall–Kier alpha value is -3.89. The number of hydrogen-bond acceptors (Lipinski definition) is 4. The SMILES string of the molecule is Cc1cc(C(F)(F)F)c(-c2ccc(C[C@H](NC(=O)c3c(Cl)cccc3Cl)C(=O)O)c3cccnc23)c(=O)n1C. The van der Waals surface area contributed by atoms with Crippen LogP contribution in [0.15, 0.2) is 59.5 Å². The van der Waals surface area contributed by atoms with Crippen LogP contribution in [-0.2, 0) is 24.4 Å². The van der Waals surface area contributed by atoms with Gasteiger partial charge in [-0.25, -0.2) is 4.79 Å². The molecule has 4 aromatic rings. The lowest BCUT2D eigenvalue weighted by atomic mass is 9.93. The van der Waals surface area contributed by atoms with E-state index in [1.807, 2.05) is 0 Å². The first kappa shape index (κ1) is 28.1. The van der Waals surface area contributed by atoms with Crippen molar-refractivity contribution in [1.29, 1.82) is 0 Å². The number of amides is 1. The number of aryl methyl sites for hydroxylation is 1. The van der Waals surface area contributed by atoms with Crippen molar-refractivity contribution in [2.24, 2.45) is 7.05 Å². The van der Waals surface area contributed by atoms with Gasteiger partial charge in [-0.15, -0.1) is 0 Å². The molecule has 2 aromatic carbocycles. The molecule has 0 saturated heterocycles. The highest BCUT2D eigenvalue weighted by Crippen LogP contribution is 2.38. The van der Waals surface area contributed by atoms with Crippen LogP contribution >= 0.6 is 23.2 Å². The normalized spacial score (nSPS) is 12.4. The second kappa shape index (κ2) is 10.7. The van der Waals surface area contributed by atoms with Crippen LogP contribution in [0.4, 0.5) is 13.2 Å². The monoisotopic (exact) mass is 577 g/mol. The summed E-state index contributed by atoms with van der Waals surface area (Å²) in [7, 11) is 1.37. The summed E-state index contributed by atoms with van der Waals surface area (Å²) >= 11 is 12.1. The molecular weight excluding hydrogens is 558 g/mol. The Morgan fingerprint density at radius 1 is 1.10 bits per heavy atom. The maximum absolute atomic E-state index is 14.0. The van der Waals surface area contributed by atoms with E-state index in [4.69, 9.17) is 23.2 Å². The summed E-state index contributed by atoms with van der Waals surface area (Å²) in [6.07, 6.45) is -3.70. The minimum atomic E-state index is -4.81. The summed E-state index contributed by atoms with van der Waals surface area (Å²) in [4.78, 5) is 42.2. The van der Waals surface area contributed by atoms with Crippen LogP contribution in [0.2, 0.25) is 10.0 Å². The fourth-order valence-electron chi connectivity index (χ4n) is 4.28. The Balaban J connectivity index is 1.82. The van der Waals surface area contributed by atoms with Gasteiger partial charge >= 0.3 is 12.1 Å². The maximum atomic E-state index is 14.0. The molecule has 0 bridgehead atoms. The maximum Gasteiger partial charge on any atom is 0.417 e. The van der Waals surface area contributed by atoms with Gasteiger partial charge < -0.3 is 15.0 Å². The number of carboxylic acid groups (broad SMARTS) is 1. The summed E-state index contributed by atoms with van der Waals surface area (Å²) in [5.74, 6) is -2.17. The van der Waals surface area contributed by atoms with Gasteiger partial charge in [0.05, 0.1) is 32.3 Å². The van der Waals surface area contributed by atoms with Crippen LogP contribution in [0, 0.1) is 6.92 Å². The summed E-state index contributed by atoms with van der Waals surface area (Å²) in [5, 5.41) is 12.6. The van der Waals surface area contributed by atoms with Crippen molar-refractivity contribution in [3.05, 3.63) is 97.5 Å². The number of pyridine rings is 2. The molecule has 0 spiro atoms. The predicted molar refractivity (Wildman–Crippen MR) is 141 cm³/mol. The molecule has 0 aliphatic heterocycles. The number of aromatic nitrogens is 2. The molecule has 1 atom stereocenters. The molecule has 1 amide bonds. The molecule has 7 nitrogen and oxygen atoms in total. The third-order valence-electron chi connectivity index (χ3n) is 6.32. The molecule has 4 rings (SSSR count). The van der Waals surface area contributed by atoms with E-state index in [1.54, 1.807) is 6.07 Å². The number of carboxylic acids is 1. The van der Waals surface area contributed by atoms with Crippen LogP contribution in [0.1, 0.15) is 27.2 Å².